The largest absolute Gasteiger partial charge is 0.492 e. The maximum atomic E-state index is 11.4. The fourth-order valence-electron chi connectivity index (χ4n) is 1.69. The maximum Gasteiger partial charge on any atom is 0.265 e. The number of nitrogen functional groups attached to an aromatic ring is 1. The molecule has 0 saturated carbocycles. The molecule has 3 N–H and O–H groups in total. The Morgan fingerprint density at radius 3 is 2.71 bits per heavy atom. The normalized spacial score (nSPS) is 11.0. The molecule has 0 fully saturated rings. The summed E-state index contributed by atoms with van der Waals surface area (Å²) in [5.74, 6) is 5.43. The Hall–Kier alpha value is -1.63. The average molecular weight is 295 g/mol. The van der Waals surface area contributed by atoms with Gasteiger partial charge in [0.2, 0.25) is 0 Å². The van der Waals surface area contributed by atoms with Crippen molar-refractivity contribution in [3.63, 3.8) is 0 Å². The summed E-state index contributed by atoms with van der Waals surface area (Å²) in [4.78, 5) is 13.5. The van der Waals surface area contributed by atoms with Gasteiger partial charge in [0.15, 0.2) is 0 Å². The van der Waals surface area contributed by atoms with E-state index >= 15 is 0 Å². The Kier molecular flexibility index (Phi) is 7.74. The quantitative estimate of drug-likeness (QED) is 0.404. The van der Waals surface area contributed by atoms with Crippen molar-refractivity contribution in [2.45, 2.75) is 20.0 Å². The number of nitrogens with two attached hydrogens (primary N) is 1. The minimum atomic E-state index is -0.330. The first-order valence-corrected chi connectivity index (χ1v) is 7.07. The lowest BCUT2D eigenvalue weighted by atomic mass is 10.2. The van der Waals surface area contributed by atoms with Gasteiger partial charge in [-0.1, -0.05) is 6.07 Å². The SMILES string of the molecule is CC(C)OCCN(C)CCOc1cccc(C(=O)NN)c1. The Labute approximate surface area is 126 Å². The predicted octanol–water partition coefficient (Wildman–Crippen LogP) is 1.03. The monoisotopic (exact) mass is 295 g/mol. The van der Waals surface area contributed by atoms with Gasteiger partial charge in [-0.2, -0.15) is 0 Å². The molecule has 118 valence electrons. The molecule has 0 bridgehead atoms. The van der Waals surface area contributed by atoms with Gasteiger partial charge in [0.05, 0.1) is 12.7 Å². The van der Waals surface area contributed by atoms with Crippen LogP contribution < -0.4 is 16.0 Å². The van der Waals surface area contributed by atoms with Crippen molar-refractivity contribution < 1.29 is 14.3 Å². The van der Waals surface area contributed by atoms with Crippen molar-refractivity contribution in [3.05, 3.63) is 29.8 Å². The molecule has 6 heteroatoms. The van der Waals surface area contributed by atoms with Gasteiger partial charge >= 0.3 is 0 Å². The highest BCUT2D eigenvalue weighted by molar-refractivity contribution is 5.94. The van der Waals surface area contributed by atoms with Crippen molar-refractivity contribution in [2.24, 2.45) is 5.84 Å². The summed E-state index contributed by atoms with van der Waals surface area (Å²) < 4.78 is 11.1. The fourth-order valence-corrected chi connectivity index (χ4v) is 1.69. The van der Waals surface area contributed by atoms with Crippen LogP contribution in [0.1, 0.15) is 24.2 Å². The van der Waals surface area contributed by atoms with Gasteiger partial charge in [-0.05, 0) is 39.1 Å². The van der Waals surface area contributed by atoms with E-state index in [2.05, 4.69) is 10.3 Å². The molecule has 1 aromatic carbocycles. The van der Waals surface area contributed by atoms with E-state index in [1.807, 2.05) is 27.0 Å². The highest BCUT2D eigenvalue weighted by Crippen LogP contribution is 2.13. The lowest BCUT2D eigenvalue weighted by Gasteiger charge is -2.18. The van der Waals surface area contributed by atoms with Crippen LogP contribution in [0.5, 0.6) is 5.75 Å². The summed E-state index contributed by atoms with van der Waals surface area (Å²) in [7, 11) is 2.02. The van der Waals surface area contributed by atoms with Crippen molar-refractivity contribution in [1.82, 2.24) is 10.3 Å². The van der Waals surface area contributed by atoms with Crippen LogP contribution in [0.4, 0.5) is 0 Å². The standard InChI is InChI=1S/C15H25N3O3/c1-12(2)20-9-7-18(3)8-10-21-14-6-4-5-13(11-14)15(19)17-16/h4-6,11-12H,7-10,16H2,1-3H3,(H,17,19). The topological polar surface area (TPSA) is 76.8 Å². The zero-order valence-electron chi connectivity index (χ0n) is 13.0. The maximum absolute atomic E-state index is 11.4. The predicted molar refractivity (Wildman–Crippen MR) is 82.2 cm³/mol. The number of nitrogens with one attached hydrogen (secondary N) is 1. The summed E-state index contributed by atoms with van der Waals surface area (Å²) in [6.45, 7) is 6.94. The first-order chi connectivity index (χ1) is 10.0. The summed E-state index contributed by atoms with van der Waals surface area (Å²) in [6.07, 6.45) is 0.256. The van der Waals surface area contributed by atoms with E-state index in [0.29, 0.717) is 24.5 Å². The number of rotatable bonds is 9. The number of ether oxygens (including phenoxy) is 2. The minimum Gasteiger partial charge on any atom is -0.492 e. The van der Waals surface area contributed by atoms with E-state index in [1.54, 1.807) is 18.2 Å². The van der Waals surface area contributed by atoms with Crippen LogP contribution in [-0.4, -0.2) is 50.3 Å². The third-order valence-corrected chi connectivity index (χ3v) is 2.89. The molecular formula is C15H25N3O3. The molecule has 21 heavy (non-hydrogen) atoms. The average Bonchev–Trinajstić information content (AvgIpc) is 2.46. The molecule has 0 saturated heterocycles. The Morgan fingerprint density at radius 2 is 2.05 bits per heavy atom. The summed E-state index contributed by atoms with van der Waals surface area (Å²) in [5, 5.41) is 0. The summed E-state index contributed by atoms with van der Waals surface area (Å²) >= 11 is 0. The van der Waals surface area contributed by atoms with Crippen LogP contribution in [0.25, 0.3) is 0 Å². The lowest BCUT2D eigenvalue weighted by Crippen LogP contribution is -2.30. The third-order valence-electron chi connectivity index (χ3n) is 2.89. The number of benzene rings is 1. The molecule has 1 rings (SSSR count). The van der Waals surface area contributed by atoms with Crippen LogP contribution >= 0.6 is 0 Å². The molecule has 0 unspecified atom stereocenters. The zero-order valence-corrected chi connectivity index (χ0v) is 13.0. The molecule has 0 heterocycles. The smallest absolute Gasteiger partial charge is 0.265 e. The third kappa shape index (κ3) is 7.08. The second kappa shape index (κ2) is 9.33. The fraction of sp³-hybridized carbons (Fsp3) is 0.533. The molecule has 0 aromatic heterocycles. The van der Waals surface area contributed by atoms with Crippen molar-refractivity contribution in [1.29, 1.82) is 0 Å². The van der Waals surface area contributed by atoms with Crippen molar-refractivity contribution >= 4 is 5.91 Å². The number of amides is 1. The van der Waals surface area contributed by atoms with E-state index in [-0.39, 0.29) is 12.0 Å². The van der Waals surface area contributed by atoms with Crippen LogP contribution in [0.3, 0.4) is 0 Å². The molecule has 0 atom stereocenters. The van der Waals surface area contributed by atoms with Crippen molar-refractivity contribution in [2.75, 3.05) is 33.4 Å². The minimum absolute atomic E-state index is 0.256. The molecule has 1 amide bonds. The molecule has 6 nitrogen and oxygen atoms in total. The molecular weight excluding hydrogens is 270 g/mol. The lowest BCUT2D eigenvalue weighted by molar-refractivity contribution is 0.0616. The van der Waals surface area contributed by atoms with Crippen LogP contribution in [0.2, 0.25) is 0 Å². The molecule has 1 aromatic rings. The number of hydrogen-bond acceptors (Lipinski definition) is 5. The Balaban J connectivity index is 2.30. The summed E-state index contributed by atoms with van der Waals surface area (Å²) in [6, 6.07) is 6.93. The number of likely N-dealkylation sites (N-methyl/N-ethyl adjacent to an activating group) is 1. The number of hydrogen-bond donors (Lipinski definition) is 2. The zero-order chi connectivity index (χ0) is 15.7. The number of hydrazine groups is 1. The van der Waals surface area contributed by atoms with Gasteiger partial charge in [-0.15, -0.1) is 0 Å². The van der Waals surface area contributed by atoms with Gasteiger partial charge in [0.25, 0.3) is 5.91 Å². The highest BCUT2D eigenvalue weighted by Gasteiger charge is 2.05. The van der Waals surface area contributed by atoms with E-state index in [1.165, 1.54) is 0 Å². The first kappa shape index (κ1) is 17.4. The van der Waals surface area contributed by atoms with Gasteiger partial charge < -0.3 is 14.4 Å². The Morgan fingerprint density at radius 1 is 1.33 bits per heavy atom. The second-order valence-corrected chi connectivity index (χ2v) is 5.07. The molecule has 0 aliphatic rings. The molecule has 0 aliphatic carbocycles. The molecule has 0 radical (unpaired) electrons. The van der Waals surface area contributed by atoms with Crippen LogP contribution in [-0.2, 0) is 4.74 Å². The van der Waals surface area contributed by atoms with E-state index in [4.69, 9.17) is 15.3 Å². The van der Waals surface area contributed by atoms with E-state index in [9.17, 15) is 4.79 Å². The van der Waals surface area contributed by atoms with Gasteiger partial charge in [0, 0.05) is 18.7 Å². The number of carbonyl (C=O) groups excluding carboxylic acids is 1. The highest BCUT2D eigenvalue weighted by atomic mass is 16.5. The first-order valence-electron chi connectivity index (χ1n) is 7.07. The van der Waals surface area contributed by atoms with Crippen LogP contribution in [0, 0.1) is 0 Å². The Bertz CT molecular complexity index is 438. The van der Waals surface area contributed by atoms with E-state index < -0.39 is 0 Å². The number of carbonyl (C=O) groups is 1. The molecule has 0 spiro atoms. The van der Waals surface area contributed by atoms with Gasteiger partial charge in [-0.3, -0.25) is 10.2 Å². The molecule has 0 aliphatic heterocycles. The van der Waals surface area contributed by atoms with Crippen LogP contribution in [0.15, 0.2) is 24.3 Å². The van der Waals surface area contributed by atoms with Gasteiger partial charge in [-0.25, -0.2) is 5.84 Å². The summed E-state index contributed by atoms with van der Waals surface area (Å²) in [5.41, 5.74) is 2.58. The van der Waals surface area contributed by atoms with Crippen molar-refractivity contribution in [3.8, 4) is 5.75 Å². The van der Waals surface area contributed by atoms with Gasteiger partial charge in [0.1, 0.15) is 12.4 Å². The van der Waals surface area contributed by atoms with E-state index in [0.717, 1.165) is 13.1 Å². The second-order valence-electron chi connectivity index (χ2n) is 5.07. The number of nitrogens with zero attached hydrogens (tertiary/aromatic N) is 1.